The van der Waals surface area contributed by atoms with Gasteiger partial charge in [-0.15, -0.1) is 0 Å². The van der Waals surface area contributed by atoms with Crippen molar-refractivity contribution in [3.8, 4) is 0 Å². The summed E-state index contributed by atoms with van der Waals surface area (Å²) in [5.41, 5.74) is 2.63. The van der Waals surface area contributed by atoms with Crippen molar-refractivity contribution in [3.05, 3.63) is 41.3 Å². The maximum Gasteiger partial charge on any atom is 0.181 e. The Hall–Kier alpha value is -2.33. The van der Waals surface area contributed by atoms with Crippen LogP contribution in [0.1, 0.15) is 39.2 Å². The van der Waals surface area contributed by atoms with Crippen molar-refractivity contribution >= 4 is 11.5 Å². The van der Waals surface area contributed by atoms with Crippen LogP contribution in [-0.2, 0) is 4.74 Å². The van der Waals surface area contributed by atoms with Gasteiger partial charge >= 0.3 is 0 Å². The molecule has 2 saturated heterocycles. The highest BCUT2D eigenvalue weighted by molar-refractivity contribution is 6.01. The Morgan fingerprint density at radius 1 is 1.27 bits per heavy atom. The van der Waals surface area contributed by atoms with Crippen molar-refractivity contribution in [2.45, 2.75) is 51.7 Å². The first-order chi connectivity index (χ1) is 15.9. The number of hydrogen-bond donors (Lipinski definition) is 4. The Labute approximate surface area is 197 Å². The molecule has 0 aromatic heterocycles. The van der Waals surface area contributed by atoms with Gasteiger partial charge in [0.2, 0.25) is 0 Å². The smallest absolute Gasteiger partial charge is 0.181 e. The maximum absolute atomic E-state index is 9.97. The lowest BCUT2D eigenvalue weighted by molar-refractivity contribution is 0.00226. The molecule has 4 rings (SSSR count). The van der Waals surface area contributed by atoms with E-state index in [4.69, 9.17) is 9.73 Å². The normalized spacial score (nSPS) is 26.7. The molecule has 9 heteroatoms. The van der Waals surface area contributed by atoms with Crippen LogP contribution < -0.4 is 16.0 Å². The van der Waals surface area contributed by atoms with E-state index in [1.807, 2.05) is 31.2 Å². The van der Waals surface area contributed by atoms with Crippen LogP contribution in [0.4, 0.5) is 5.69 Å². The minimum Gasteiger partial charge on any atom is -0.377 e. The van der Waals surface area contributed by atoms with E-state index in [2.05, 4.69) is 58.6 Å². The fraction of sp³-hybridized carbons (Fsp3) is 0.625. The number of aliphatic imine (C=N–C) groups is 1. The van der Waals surface area contributed by atoms with Crippen LogP contribution in [0.15, 0.2) is 40.8 Å². The van der Waals surface area contributed by atoms with Gasteiger partial charge in [0.05, 0.1) is 31.6 Å². The number of likely N-dealkylation sites (N-methyl/N-ethyl adjacent to an activating group) is 2. The molecule has 0 amide bonds. The van der Waals surface area contributed by atoms with Gasteiger partial charge in [0, 0.05) is 24.8 Å². The number of nitrogens with zero attached hydrogens (tertiary/aromatic N) is 4. The van der Waals surface area contributed by atoms with Crippen molar-refractivity contribution in [1.29, 1.82) is 0 Å². The van der Waals surface area contributed by atoms with E-state index >= 15 is 0 Å². The Morgan fingerprint density at radius 2 is 2.03 bits per heavy atom. The first kappa shape index (κ1) is 23.8. The number of aliphatic hydroxyl groups excluding tert-OH is 1. The van der Waals surface area contributed by atoms with Crippen LogP contribution in [0.2, 0.25) is 0 Å². The molecule has 0 aliphatic carbocycles. The fourth-order valence-corrected chi connectivity index (χ4v) is 5.02. The Bertz CT molecular complexity index is 885. The number of rotatable bonds is 8. The highest BCUT2D eigenvalue weighted by Gasteiger charge is 2.48. The Morgan fingerprint density at radius 3 is 2.73 bits per heavy atom. The van der Waals surface area contributed by atoms with E-state index in [1.54, 1.807) is 0 Å². The quantitative estimate of drug-likeness (QED) is 0.438. The first-order valence-corrected chi connectivity index (χ1v) is 12.0. The third-order valence-electron chi connectivity index (χ3n) is 6.78. The number of ether oxygens (including phenoxy) is 1. The maximum atomic E-state index is 9.97. The van der Waals surface area contributed by atoms with E-state index in [0.29, 0.717) is 12.6 Å². The molecule has 9 nitrogen and oxygen atoms in total. The average molecular weight is 458 g/mol. The lowest BCUT2D eigenvalue weighted by Crippen LogP contribution is -2.54. The van der Waals surface area contributed by atoms with Crippen LogP contribution in [0.3, 0.4) is 0 Å². The molecule has 33 heavy (non-hydrogen) atoms. The summed E-state index contributed by atoms with van der Waals surface area (Å²) in [6.07, 6.45) is 1.44. The number of anilines is 1. The van der Waals surface area contributed by atoms with E-state index in [0.717, 1.165) is 62.2 Å². The molecule has 1 aromatic carbocycles. The summed E-state index contributed by atoms with van der Waals surface area (Å²) in [6.45, 7) is 10.2. The van der Waals surface area contributed by atoms with E-state index in [1.165, 1.54) is 5.70 Å². The molecular weight excluding hydrogens is 418 g/mol. The first-order valence-electron chi connectivity index (χ1n) is 12.0. The van der Waals surface area contributed by atoms with Gasteiger partial charge < -0.3 is 30.3 Å². The van der Waals surface area contributed by atoms with Gasteiger partial charge in [-0.3, -0.25) is 10.2 Å². The molecule has 182 valence electrons. The molecule has 1 aromatic rings. The summed E-state index contributed by atoms with van der Waals surface area (Å²) in [5, 5.41) is 19.7. The second-order valence-corrected chi connectivity index (χ2v) is 9.23. The summed E-state index contributed by atoms with van der Waals surface area (Å²) in [4.78, 5) is 12.3. The lowest BCUT2D eigenvalue weighted by Gasteiger charge is -2.44. The van der Waals surface area contributed by atoms with Crippen molar-refractivity contribution in [3.63, 3.8) is 0 Å². The monoisotopic (exact) mass is 457 g/mol. The third kappa shape index (κ3) is 4.68. The van der Waals surface area contributed by atoms with Gasteiger partial charge in [0.25, 0.3) is 0 Å². The molecule has 0 bridgehead atoms. The fourth-order valence-electron chi connectivity index (χ4n) is 5.02. The van der Waals surface area contributed by atoms with Gasteiger partial charge in [-0.1, -0.05) is 20.3 Å². The van der Waals surface area contributed by atoms with Crippen molar-refractivity contribution in [2.24, 2.45) is 4.99 Å². The largest absolute Gasteiger partial charge is 0.377 e. The van der Waals surface area contributed by atoms with Gasteiger partial charge in [0.15, 0.2) is 12.0 Å². The standard InChI is InChI=1S/C24H39N7O2/c1-6-8-19-15-33-14-13-31(19)22-20-24(3,30(5)16-29(20)4)28-21(27-22)17-9-11-18(12-10-17)26-23(32)25-7-2/h9-12,19,23,25-26,32H,6-8,13-16H2,1-5H3,(H,27,28). The van der Waals surface area contributed by atoms with Gasteiger partial charge in [-0.25, -0.2) is 4.99 Å². The predicted molar refractivity (Wildman–Crippen MR) is 131 cm³/mol. The number of morpholine rings is 1. The second-order valence-electron chi connectivity index (χ2n) is 9.23. The topological polar surface area (TPSA) is 87.6 Å². The molecular formula is C24H39N7O2. The number of benzene rings is 1. The number of fused-ring (bicyclic) bond motifs is 1. The van der Waals surface area contributed by atoms with E-state index in [9.17, 15) is 5.11 Å². The van der Waals surface area contributed by atoms with Crippen molar-refractivity contribution < 1.29 is 9.84 Å². The number of hydrogen-bond acceptors (Lipinski definition) is 9. The van der Waals surface area contributed by atoms with Crippen LogP contribution in [0, 0.1) is 0 Å². The molecule has 4 N–H and O–H groups in total. The molecule has 0 spiro atoms. The van der Waals surface area contributed by atoms with Gasteiger partial charge in [-0.05, 0) is 51.2 Å². The zero-order valence-corrected chi connectivity index (χ0v) is 20.6. The SMILES string of the molecule is CCCC1COCCN1C1=C2N(C)CN(C)C2(C)N=C(c2ccc(NC(O)NCC)cc2)N1. The average Bonchev–Trinajstić information content (AvgIpc) is 3.02. The Balaban J connectivity index is 1.66. The zero-order valence-electron chi connectivity index (χ0n) is 20.6. The molecule has 3 atom stereocenters. The Kier molecular flexibility index (Phi) is 7.13. The van der Waals surface area contributed by atoms with E-state index < -0.39 is 12.0 Å². The lowest BCUT2D eigenvalue weighted by atomic mass is 10.0. The van der Waals surface area contributed by atoms with E-state index in [-0.39, 0.29) is 0 Å². The summed E-state index contributed by atoms with van der Waals surface area (Å²) in [7, 11) is 4.27. The molecule has 3 aliphatic rings. The van der Waals surface area contributed by atoms with Crippen LogP contribution in [0.25, 0.3) is 0 Å². The highest BCUT2D eigenvalue weighted by Crippen LogP contribution is 2.39. The van der Waals surface area contributed by atoms with Crippen molar-refractivity contribution in [1.82, 2.24) is 25.3 Å². The summed E-state index contributed by atoms with van der Waals surface area (Å²) in [5.74, 6) is 2.00. The van der Waals surface area contributed by atoms with Gasteiger partial charge in [0.1, 0.15) is 11.7 Å². The predicted octanol–water partition coefficient (Wildman–Crippen LogP) is 1.55. The molecule has 3 heterocycles. The van der Waals surface area contributed by atoms with Crippen LogP contribution >= 0.6 is 0 Å². The van der Waals surface area contributed by atoms with Crippen LogP contribution in [-0.4, -0.2) is 90.8 Å². The second kappa shape index (κ2) is 9.89. The van der Waals surface area contributed by atoms with Crippen molar-refractivity contribution in [2.75, 3.05) is 52.4 Å². The summed E-state index contributed by atoms with van der Waals surface area (Å²) >= 11 is 0. The molecule has 2 fully saturated rings. The highest BCUT2D eigenvalue weighted by atomic mass is 16.5. The third-order valence-corrected chi connectivity index (χ3v) is 6.78. The van der Waals surface area contributed by atoms with Crippen LogP contribution in [0.5, 0.6) is 0 Å². The van der Waals surface area contributed by atoms with Gasteiger partial charge in [-0.2, -0.15) is 0 Å². The zero-order chi connectivity index (χ0) is 23.6. The summed E-state index contributed by atoms with van der Waals surface area (Å²) < 4.78 is 5.83. The molecule has 0 radical (unpaired) electrons. The number of amidine groups is 1. The minimum atomic E-state index is -0.776. The minimum absolute atomic E-state index is 0.348. The molecule has 3 aliphatic heterocycles. The number of nitrogens with one attached hydrogen (secondary N) is 3. The molecule has 0 saturated carbocycles. The molecule has 3 unspecified atom stereocenters. The number of aliphatic hydroxyl groups is 1. The summed E-state index contributed by atoms with van der Waals surface area (Å²) in [6, 6.07) is 8.38.